The number of carboxylic acid groups (broad SMARTS) is 1. The Morgan fingerprint density at radius 3 is 2.59 bits per heavy atom. The Balaban J connectivity index is 3.04. The van der Waals surface area contributed by atoms with Crippen LogP contribution in [0.1, 0.15) is 56.2 Å². The minimum Gasteiger partial charge on any atom is -0.481 e. The topological polar surface area (TPSA) is 37.3 Å². The van der Waals surface area contributed by atoms with Crippen LogP contribution >= 0.6 is 0 Å². The van der Waals surface area contributed by atoms with E-state index in [1.807, 2.05) is 6.07 Å². The van der Waals surface area contributed by atoms with Crippen molar-refractivity contribution in [3.05, 3.63) is 34.9 Å². The summed E-state index contributed by atoms with van der Waals surface area (Å²) in [4.78, 5) is 10.7. The largest absolute Gasteiger partial charge is 0.481 e. The molecule has 1 rings (SSSR count). The number of carboxylic acids is 1. The number of aliphatic carboxylic acids is 1. The summed E-state index contributed by atoms with van der Waals surface area (Å²) in [6.45, 7) is 6.55. The van der Waals surface area contributed by atoms with Crippen molar-refractivity contribution in [3.8, 4) is 0 Å². The lowest BCUT2D eigenvalue weighted by molar-refractivity contribution is -0.136. The lowest BCUT2D eigenvalue weighted by Crippen LogP contribution is -2.04. The highest BCUT2D eigenvalue weighted by molar-refractivity contribution is 5.70. The number of benzene rings is 1. The maximum absolute atomic E-state index is 10.7. The lowest BCUT2D eigenvalue weighted by atomic mass is 9.89. The number of carbonyl (C=O) groups is 1. The van der Waals surface area contributed by atoms with E-state index in [9.17, 15) is 4.79 Å². The molecular formula is C15H22O2. The summed E-state index contributed by atoms with van der Waals surface area (Å²) in [7, 11) is 0. The van der Waals surface area contributed by atoms with Crippen molar-refractivity contribution < 1.29 is 9.90 Å². The molecule has 0 fully saturated rings. The van der Waals surface area contributed by atoms with Crippen LogP contribution in [-0.2, 0) is 17.6 Å². The molecule has 0 radical (unpaired) electrons. The summed E-state index contributed by atoms with van der Waals surface area (Å²) in [5.74, 6) is -0.256. The van der Waals surface area contributed by atoms with E-state index in [0.717, 1.165) is 24.8 Å². The van der Waals surface area contributed by atoms with Crippen molar-refractivity contribution in [3.63, 3.8) is 0 Å². The maximum atomic E-state index is 10.7. The Morgan fingerprint density at radius 2 is 2.06 bits per heavy atom. The first kappa shape index (κ1) is 13.8. The molecule has 0 bridgehead atoms. The second kappa shape index (κ2) is 6.43. The highest BCUT2D eigenvalue weighted by atomic mass is 16.4. The van der Waals surface area contributed by atoms with Crippen molar-refractivity contribution in [2.45, 2.75) is 52.4 Å². The molecule has 1 aromatic rings. The second-order valence-corrected chi connectivity index (χ2v) is 4.66. The Kier molecular flexibility index (Phi) is 5.20. The smallest absolute Gasteiger partial charge is 0.307 e. The number of rotatable bonds is 6. The number of aryl methyl sites for hydroxylation is 1. The predicted octanol–water partition coefficient (Wildman–Crippen LogP) is 3.78. The van der Waals surface area contributed by atoms with Crippen molar-refractivity contribution in [2.75, 3.05) is 0 Å². The average Bonchev–Trinajstić information content (AvgIpc) is 2.29. The second-order valence-electron chi connectivity index (χ2n) is 4.66. The summed E-state index contributed by atoms with van der Waals surface area (Å²) < 4.78 is 0. The van der Waals surface area contributed by atoms with E-state index in [2.05, 4.69) is 32.9 Å². The van der Waals surface area contributed by atoms with Gasteiger partial charge in [-0.15, -0.1) is 0 Å². The van der Waals surface area contributed by atoms with Gasteiger partial charge in [0.25, 0.3) is 0 Å². The molecule has 2 nitrogen and oxygen atoms in total. The van der Waals surface area contributed by atoms with Crippen LogP contribution in [-0.4, -0.2) is 11.1 Å². The van der Waals surface area contributed by atoms with Crippen molar-refractivity contribution in [1.29, 1.82) is 0 Å². The molecule has 0 aliphatic heterocycles. The maximum Gasteiger partial charge on any atom is 0.307 e. The molecule has 1 aromatic carbocycles. The van der Waals surface area contributed by atoms with Gasteiger partial charge in [-0.05, 0) is 35.4 Å². The van der Waals surface area contributed by atoms with Gasteiger partial charge in [-0.3, -0.25) is 4.79 Å². The summed E-state index contributed by atoms with van der Waals surface area (Å²) in [5, 5.41) is 8.83. The molecule has 1 N–H and O–H groups in total. The van der Waals surface area contributed by atoms with Gasteiger partial charge in [-0.25, -0.2) is 0 Å². The Labute approximate surface area is 104 Å². The molecule has 1 unspecified atom stereocenters. The fraction of sp³-hybridized carbons (Fsp3) is 0.533. The summed E-state index contributed by atoms with van der Waals surface area (Å²) in [5.41, 5.74) is 3.61. The van der Waals surface area contributed by atoms with Crippen LogP contribution in [0.15, 0.2) is 18.2 Å². The molecule has 0 aromatic heterocycles. The van der Waals surface area contributed by atoms with Gasteiger partial charge in [0.15, 0.2) is 0 Å². The molecule has 0 saturated heterocycles. The molecule has 17 heavy (non-hydrogen) atoms. The van der Waals surface area contributed by atoms with Crippen LogP contribution in [0, 0.1) is 0 Å². The lowest BCUT2D eigenvalue weighted by Gasteiger charge is -2.16. The third-order valence-corrected chi connectivity index (χ3v) is 3.23. The first-order valence-corrected chi connectivity index (χ1v) is 6.41. The van der Waals surface area contributed by atoms with E-state index in [1.165, 1.54) is 11.1 Å². The zero-order chi connectivity index (χ0) is 12.8. The van der Waals surface area contributed by atoms with Gasteiger partial charge in [0.1, 0.15) is 0 Å². The summed E-state index contributed by atoms with van der Waals surface area (Å²) in [6.07, 6.45) is 3.41. The molecule has 0 aliphatic carbocycles. The van der Waals surface area contributed by atoms with Crippen LogP contribution in [0.25, 0.3) is 0 Å². The number of hydrogen-bond donors (Lipinski definition) is 1. The molecule has 0 amide bonds. The molecular weight excluding hydrogens is 212 g/mol. The van der Waals surface area contributed by atoms with Gasteiger partial charge in [-0.2, -0.15) is 0 Å². The first-order chi connectivity index (χ1) is 8.08. The third-order valence-electron chi connectivity index (χ3n) is 3.23. The molecule has 0 heterocycles. The van der Waals surface area contributed by atoms with Gasteiger partial charge in [-0.1, -0.05) is 45.4 Å². The quantitative estimate of drug-likeness (QED) is 0.813. The van der Waals surface area contributed by atoms with Gasteiger partial charge >= 0.3 is 5.97 Å². The molecule has 1 atom stereocenters. The van der Waals surface area contributed by atoms with E-state index >= 15 is 0 Å². The van der Waals surface area contributed by atoms with Gasteiger partial charge in [0, 0.05) is 0 Å². The highest BCUT2D eigenvalue weighted by Crippen LogP contribution is 2.25. The van der Waals surface area contributed by atoms with Crippen molar-refractivity contribution >= 4 is 5.97 Å². The van der Waals surface area contributed by atoms with E-state index < -0.39 is 5.97 Å². The highest BCUT2D eigenvalue weighted by Gasteiger charge is 2.10. The summed E-state index contributed by atoms with van der Waals surface area (Å²) >= 11 is 0. The van der Waals surface area contributed by atoms with E-state index in [-0.39, 0.29) is 6.42 Å². The monoisotopic (exact) mass is 234 g/mol. The number of hydrogen-bond acceptors (Lipinski definition) is 1. The molecule has 0 aliphatic rings. The normalized spacial score (nSPS) is 12.4. The zero-order valence-corrected chi connectivity index (χ0v) is 11.0. The Morgan fingerprint density at radius 1 is 1.35 bits per heavy atom. The van der Waals surface area contributed by atoms with Crippen molar-refractivity contribution in [2.24, 2.45) is 0 Å². The van der Waals surface area contributed by atoms with E-state index in [0.29, 0.717) is 5.92 Å². The van der Waals surface area contributed by atoms with E-state index in [1.54, 1.807) is 0 Å². The van der Waals surface area contributed by atoms with E-state index in [4.69, 9.17) is 5.11 Å². The SMILES string of the molecule is CCCc1ccc(CC(=O)O)cc1C(C)CC. The van der Waals surface area contributed by atoms with Crippen LogP contribution in [0.4, 0.5) is 0 Å². The fourth-order valence-corrected chi connectivity index (χ4v) is 2.10. The molecule has 2 heteroatoms. The van der Waals surface area contributed by atoms with Gasteiger partial charge < -0.3 is 5.11 Å². The first-order valence-electron chi connectivity index (χ1n) is 6.41. The molecule has 0 spiro atoms. The zero-order valence-electron chi connectivity index (χ0n) is 11.0. The standard InChI is InChI=1S/C15H22O2/c1-4-6-13-8-7-12(10-15(16)17)9-14(13)11(3)5-2/h7-9,11H,4-6,10H2,1-3H3,(H,16,17). The van der Waals surface area contributed by atoms with Crippen LogP contribution in [0.2, 0.25) is 0 Å². The minimum atomic E-state index is -0.761. The van der Waals surface area contributed by atoms with Gasteiger partial charge in [0.2, 0.25) is 0 Å². The molecule has 94 valence electrons. The van der Waals surface area contributed by atoms with Crippen LogP contribution < -0.4 is 0 Å². The third kappa shape index (κ3) is 3.88. The predicted molar refractivity (Wildman–Crippen MR) is 70.5 cm³/mol. The van der Waals surface area contributed by atoms with Crippen LogP contribution in [0.5, 0.6) is 0 Å². The summed E-state index contributed by atoms with van der Waals surface area (Å²) in [6, 6.07) is 6.13. The van der Waals surface area contributed by atoms with Crippen LogP contribution in [0.3, 0.4) is 0 Å². The fourth-order valence-electron chi connectivity index (χ4n) is 2.10. The van der Waals surface area contributed by atoms with Gasteiger partial charge in [0.05, 0.1) is 6.42 Å². The Hall–Kier alpha value is -1.31. The average molecular weight is 234 g/mol. The Bertz CT molecular complexity index is 383. The molecule has 0 saturated carbocycles. The van der Waals surface area contributed by atoms with Crippen molar-refractivity contribution in [1.82, 2.24) is 0 Å². The minimum absolute atomic E-state index is 0.121.